The number of rotatable bonds is 5. The Hall–Kier alpha value is -2.48. The van der Waals surface area contributed by atoms with Crippen molar-refractivity contribution in [3.05, 3.63) is 52.8 Å². The van der Waals surface area contributed by atoms with Crippen LogP contribution in [0.1, 0.15) is 49.8 Å². The van der Waals surface area contributed by atoms with Crippen molar-refractivity contribution >= 4 is 28.9 Å². The molecule has 5 nitrogen and oxygen atoms in total. The van der Waals surface area contributed by atoms with Crippen molar-refractivity contribution in [1.29, 1.82) is 0 Å². The van der Waals surface area contributed by atoms with Crippen molar-refractivity contribution in [2.45, 2.75) is 63.8 Å². The molecule has 1 aliphatic carbocycles. The molecule has 1 aromatic carbocycles. The Labute approximate surface area is 196 Å². The Kier molecular flexibility index (Phi) is 7.02. The minimum atomic E-state index is -4.94. The van der Waals surface area contributed by atoms with E-state index < -0.39 is 12.1 Å². The molecule has 1 amide bonds. The topological polar surface area (TPSA) is 62.5 Å². The summed E-state index contributed by atoms with van der Waals surface area (Å²) in [6, 6.07) is 8.44. The van der Waals surface area contributed by atoms with Crippen molar-refractivity contribution in [2.75, 3.05) is 17.2 Å². The fraction of sp³-hybridized carbons (Fsp3) is 0.500. The zero-order valence-corrected chi connectivity index (χ0v) is 19.1. The van der Waals surface area contributed by atoms with Crippen LogP contribution >= 0.6 is 11.6 Å². The Morgan fingerprint density at radius 3 is 2.64 bits per heavy atom. The van der Waals surface area contributed by atoms with Crippen LogP contribution < -0.4 is 10.6 Å². The number of amides is 1. The van der Waals surface area contributed by atoms with Gasteiger partial charge in [0.05, 0.1) is 12.2 Å². The quantitative estimate of drug-likeness (QED) is 0.608. The van der Waals surface area contributed by atoms with Gasteiger partial charge >= 0.3 is 12.1 Å². The number of nitrogens with zero attached hydrogens (tertiary/aromatic N) is 3. The molecule has 4 rings (SSSR count). The lowest BCUT2D eigenvalue weighted by atomic mass is 9.97. The molecule has 0 saturated heterocycles. The van der Waals surface area contributed by atoms with Crippen LogP contribution in [0.3, 0.4) is 0 Å². The lowest BCUT2D eigenvalue weighted by molar-refractivity contribution is -0.186. The number of benzene rings is 1. The summed E-state index contributed by atoms with van der Waals surface area (Å²) in [6.45, 7) is 0.147. The van der Waals surface area contributed by atoms with E-state index in [9.17, 15) is 18.0 Å². The Morgan fingerprint density at radius 1 is 1.18 bits per heavy atom. The van der Waals surface area contributed by atoms with Crippen LogP contribution in [0.25, 0.3) is 0 Å². The zero-order chi connectivity index (χ0) is 23.6. The van der Waals surface area contributed by atoms with E-state index in [0.717, 1.165) is 29.8 Å². The predicted molar refractivity (Wildman–Crippen MR) is 123 cm³/mol. The highest BCUT2D eigenvalue weighted by Gasteiger charge is 2.44. The Balaban J connectivity index is 1.72. The lowest BCUT2D eigenvalue weighted by Crippen LogP contribution is -2.47. The maximum absolute atomic E-state index is 13.4. The summed E-state index contributed by atoms with van der Waals surface area (Å²) in [5.41, 5.74) is 8.47. The van der Waals surface area contributed by atoms with Gasteiger partial charge in [0.1, 0.15) is 0 Å². The van der Waals surface area contributed by atoms with Crippen molar-refractivity contribution in [2.24, 2.45) is 5.92 Å². The first kappa shape index (κ1) is 23.7. The first-order valence-corrected chi connectivity index (χ1v) is 11.7. The average Bonchev–Trinajstić information content (AvgIpc) is 3.23. The number of nitrogen functional groups attached to an aromatic ring is 1. The fourth-order valence-electron chi connectivity index (χ4n) is 5.06. The first-order valence-electron chi connectivity index (χ1n) is 11.3. The second kappa shape index (κ2) is 9.79. The largest absolute Gasteiger partial charge is 0.471 e. The van der Waals surface area contributed by atoms with Crippen molar-refractivity contribution in [3.63, 3.8) is 0 Å². The maximum atomic E-state index is 13.4. The van der Waals surface area contributed by atoms with E-state index >= 15 is 0 Å². The van der Waals surface area contributed by atoms with Crippen LogP contribution in [-0.4, -0.2) is 34.6 Å². The predicted octanol–water partition coefficient (Wildman–Crippen LogP) is 5.57. The van der Waals surface area contributed by atoms with Gasteiger partial charge in [0.2, 0.25) is 0 Å². The second-order valence-electron chi connectivity index (χ2n) is 9.01. The van der Waals surface area contributed by atoms with Crippen LogP contribution in [0, 0.1) is 5.92 Å². The molecular formula is C24H28ClF3N4O. The van der Waals surface area contributed by atoms with Crippen molar-refractivity contribution in [1.82, 2.24) is 9.88 Å². The minimum Gasteiger partial charge on any atom is -0.399 e. The number of carbonyl (C=O) groups is 1. The summed E-state index contributed by atoms with van der Waals surface area (Å²) in [4.78, 5) is 19.7. The third kappa shape index (κ3) is 5.54. The molecule has 0 radical (unpaired) electrons. The molecular weight excluding hydrogens is 453 g/mol. The number of hydrogen-bond acceptors (Lipinski definition) is 4. The van der Waals surface area contributed by atoms with Gasteiger partial charge in [-0.25, -0.2) is 0 Å². The van der Waals surface area contributed by atoms with E-state index in [1.165, 1.54) is 12.8 Å². The van der Waals surface area contributed by atoms with Gasteiger partial charge in [-0.15, -0.1) is 0 Å². The monoisotopic (exact) mass is 480 g/mol. The van der Waals surface area contributed by atoms with E-state index in [2.05, 4.69) is 9.88 Å². The Morgan fingerprint density at radius 2 is 1.94 bits per heavy atom. The molecule has 0 spiro atoms. The summed E-state index contributed by atoms with van der Waals surface area (Å²) in [5, 5.41) is 0.342. The first-order chi connectivity index (χ1) is 15.7. The number of fused-ring (bicyclic) bond motifs is 1. The average molecular weight is 481 g/mol. The van der Waals surface area contributed by atoms with Crippen molar-refractivity contribution in [3.8, 4) is 0 Å². The van der Waals surface area contributed by atoms with Crippen molar-refractivity contribution < 1.29 is 18.0 Å². The van der Waals surface area contributed by atoms with Gasteiger partial charge in [0.15, 0.2) is 0 Å². The molecule has 1 aliphatic heterocycles. The molecule has 9 heteroatoms. The number of nitrogens with two attached hydrogens (primary N) is 1. The summed E-state index contributed by atoms with van der Waals surface area (Å²) < 4.78 is 40.3. The van der Waals surface area contributed by atoms with Gasteiger partial charge in [-0.2, -0.15) is 13.2 Å². The van der Waals surface area contributed by atoms with Crippen LogP contribution in [-0.2, 0) is 17.9 Å². The van der Waals surface area contributed by atoms with Gasteiger partial charge in [-0.3, -0.25) is 9.78 Å². The number of aromatic nitrogens is 1. The lowest BCUT2D eigenvalue weighted by Gasteiger charge is -2.35. The number of hydrogen-bond donors (Lipinski definition) is 1. The third-order valence-electron chi connectivity index (χ3n) is 6.71. The third-order valence-corrected chi connectivity index (χ3v) is 7.06. The van der Waals surface area contributed by atoms with Gasteiger partial charge in [-0.1, -0.05) is 43.4 Å². The fourth-order valence-corrected chi connectivity index (χ4v) is 5.29. The SMILES string of the molecule is Nc1ccnc(CN2c3cccc(Cl)c3CN(C(=O)C(F)(F)F)C[C@@H]2CCC2CCCC2)c1. The molecule has 2 aromatic rings. The molecule has 2 heterocycles. The smallest absolute Gasteiger partial charge is 0.399 e. The minimum absolute atomic E-state index is 0.0294. The molecule has 2 N–H and O–H groups in total. The number of halogens is 4. The van der Waals surface area contributed by atoms with E-state index in [1.54, 1.807) is 30.5 Å². The summed E-state index contributed by atoms with van der Waals surface area (Å²) >= 11 is 6.44. The highest BCUT2D eigenvalue weighted by Crippen LogP contribution is 2.37. The maximum Gasteiger partial charge on any atom is 0.471 e. The number of alkyl halides is 3. The summed E-state index contributed by atoms with van der Waals surface area (Å²) in [6.07, 6.45) is 2.97. The second-order valence-corrected chi connectivity index (χ2v) is 9.42. The van der Waals surface area contributed by atoms with Gasteiger partial charge in [0.25, 0.3) is 0 Å². The summed E-state index contributed by atoms with van der Waals surface area (Å²) in [7, 11) is 0. The highest BCUT2D eigenvalue weighted by molar-refractivity contribution is 6.31. The summed E-state index contributed by atoms with van der Waals surface area (Å²) in [5.74, 6) is -1.26. The van der Waals surface area contributed by atoms with Crippen LogP contribution in [0.15, 0.2) is 36.5 Å². The molecule has 1 fully saturated rings. The van der Waals surface area contributed by atoms with Crippen LogP contribution in [0.4, 0.5) is 24.5 Å². The number of pyridine rings is 1. The number of anilines is 2. The Bertz CT molecular complexity index is 994. The normalized spacial score (nSPS) is 19.5. The van der Waals surface area contributed by atoms with Crippen LogP contribution in [0.5, 0.6) is 0 Å². The van der Waals surface area contributed by atoms with Gasteiger partial charge < -0.3 is 15.5 Å². The van der Waals surface area contributed by atoms with E-state index in [-0.39, 0.29) is 19.1 Å². The van der Waals surface area contributed by atoms with E-state index in [1.807, 2.05) is 6.07 Å². The zero-order valence-electron chi connectivity index (χ0n) is 18.3. The molecule has 33 heavy (non-hydrogen) atoms. The van der Waals surface area contributed by atoms with Gasteiger partial charge in [0, 0.05) is 47.3 Å². The van der Waals surface area contributed by atoms with Gasteiger partial charge in [-0.05, 0) is 43.0 Å². The molecule has 1 atom stereocenters. The molecule has 1 saturated carbocycles. The van der Waals surface area contributed by atoms with E-state index in [0.29, 0.717) is 40.9 Å². The molecule has 2 aliphatic rings. The molecule has 0 bridgehead atoms. The molecule has 1 aromatic heterocycles. The molecule has 178 valence electrons. The highest BCUT2D eigenvalue weighted by atomic mass is 35.5. The van der Waals surface area contributed by atoms with E-state index in [4.69, 9.17) is 17.3 Å². The van der Waals surface area contributed by atoms with Crippen LogP contribution in [0.2, 0.25) is 5.02 Å². The standard InChI is InChI=1S/C24H28ClF3N4O/c25-21-6-3-7-22-20(21)15-31(23(33)24(26,27)28)14-19(9-8-16-4-1-2-5-16)32(22)13-18-12-17(29)10-11-30-18/h3,6-7,10-12,16,19H,1-2,4-5,8-9,13-15H2,(H2,29,30)/t19-/m0/s1. The number of carbonyl (C=O) groups excluding carboxylic acids is 1. The molecule has 0 unspecified atom stereocenters.